The summed E-state index contributed by atoms with van der Waals surface area (Å²) in [7, 11) is 0. The Morgan fingerprint density at radius 2 is 2.12 bits per heavy atom. The first kappa shape index (κ1) is 12.6. The Labute approximate surface area is 104 Å². The van der Waals surface area contributed by atoms with E-state index in [2.05, 4.69) is 22.2 Å². The Hall–Kier alpha value is -0.830. The van der Waals surface area contributed by atoms with Gasteiger partial charge in [0.2, 0.25) is 0 Å². The Morgan fingerprint density at radius 3 is 2.71 bits per heavy atom. The third kappa shape index (κ3) is 3.84. The van der Waals surface area contributed by atoms with Crippen molar-refractivity contribution in [3.8, 4) is 0 Å². The van der Waals surface area contributed by atoms with Crippen LogP contribution in [0.2, 0.25) is 0 Å². The summed E-state index contributed by atoms with van der Waals surface area (Å²) >= 11 is 0. The number of aromatic amines is 1. The first-order valence-electron chi connectivity index (χ1n) is 7.01. The number of aryl methyl sites for hydroxylation is 1. The summed E-state index contributed by atoms with van der Waals surface area (Å²) < 4.78 is 0. The third-order valence-corrected chi connectivity index (χ3v) is 3.88. The molecule has 2 rings (SSSR count). The van der Waals surface area contributed by atoms with E-state index in [9.17, 15) is 0 Å². The topological polar surface area (TPSA) is 40.7 Å². The normalized spacial score (nSPS) is 25.1. The van der Waals surface area contributed by atoms with Crippen molar-refractivity contribution in [2.75, 3.05) is 0 Å². The molecule has 1 aromatic rings. The van der Waals surface area contributed by atoms with Crippen molar-refractivity contribution in [2.45, 2.75) is 65.0 Å². The zero-order valence-corrected chi connectivity index (χ0v) is 11.1. The quantitative estimate of drug-likeness (QED) is 0.823. The van der Waals surface area contributed by atoms with Crippen LogP contribution < -0.4 is 5.32 Å². The average Bonchev–Trinajstić information content (AvgIpc) is 2.75. The number of hydrogen-bond acceptors (Lipinski definition) is 2. The molecule has 2 N–H and O–H groups in total. The van der Waals surface area contributed by atoms with E-state index in [1.54, 1.807) is 0 Å². The fraction of sp³-hybridized carbons (Fsp3) is 0.786. The molecule has 1 saturated carbocycles. The fourth-order valence-corrected chi connectivity index (χ4v) is 2.88. The maximum atomic E-state index is 4.22. The smallest absolute Gasteiger partial charge is 0.103 e. The maximum absolute atomic E-state index is 4.22. The molecule has 0 bridgehead atoms. The molecule has 17 heavy (non-hydrogen) atoms. The zero-order chi connectivity index (χ0) is 12.1. The van der Waals surface area contributed by atoms with Crippen LogP contribution in [0.25, 0.3) is 0 Å². The highest BCUT2D eigenvalue weighted by Crippen LogP contribution is 2.27. The minimum Gasteiger partial charge on any atom is -0.345 e. The second kappa shape index (κ2) is 6.20. The predicted octanol–water partition coefficient (Wildman–Crippen LogP) is 3.17. The lowest BCUT2D eigenvalue weighted by Crippen LogP contribution is -2.32. The molecule has 0 amide bonds. The van der Waals surface area contributed by atoms with Crippen molar-refractivity contribution >= 4 is 0 Å². The van der Waals surface area contributed by atoms with Gasteiger partial charge < -0.3 is 10.3 Å². The average molecular weight is 235 g/mol. The molecule has 3 heteroatoms. The second-order valence-corrected chi connectivity index (χ2v) is 5.38. The Bertz CT molecular complexity index is 324. The molecule has 0 saturated heterocycles. The third-order valence-electron chi connectivity index (χ3n) is 3.88. The molecule has 0 atom stereocenters. The standard InChI is InChI=1S/C14H25N3/c1-3-4-12-5-7-13(8-6-12)16-10-14-9-15-11(2)17-14/h9,12-13,16H,3-8,10H2,1-2H3,(H,15,17). The van der Waals surface area contributed by atoms with Gasteiger partial charge in [-0.3, -0.25) is 0 Å². The van der Waals surface area contributed by atoms with Crippen LogP contribution in [0.15, 0.2) is 6.20 Å². The van der Waals surface area contributed by atoms with Crippen molar-refractivity contribution < 1.29 is 0 Å². The number of aromatic nitrogens is 2. The van der Waals surface area contributed by atoms with Gasteiger partial charge in [-0.05, 0) is 38.5 Å². The highest BCUT2D eigenvalue weighted by molar-refractivity contribution is 4.99. The lowest BCUT2D eigenvalue weighted by molar-refractivity contribution is 0.277. The molecule has 1 aromatic heterocycles. The number of hydrogen-bond donors (Lipinski definition) is 2. The van der Waals surface area contributed by atoms with Gasteiger partial charge in [0, 0.05) is 24.5 Å². The predicted molar refractivity (Wildman–Crippen MR) is 70.8 cm³/mol. The summed E-state index contributed by atoms with van der Waals surface area (Å²) in [6, 6.07) is 0.715. The van der Waals surface area contributed by atoms with Gasteiger partial charge in [0.15, 0.2) is 0 Å². The molecule has 1 heterocycles. The van der Waals surface area contributed by atoms with Crippen LogP contribution >= 0.6 is 0 Å². The molecule has 1 aliphatic rings. The Balaban J connectivity index is 1.68. The van der Waals surface area contributed by atoms with Crippen molar-refractivity contribution in [1.29, 1.82) is 0 Å². The molecular weight excluding hydrogens is 210 g/mol. The van der Waals surface area contributed by atoms with Crippen molar-refractivity contribution in [2.24, 2.45) is 5.92 Å². The molecule has 1 aliphatic carbocycles. The van der Waals surface area contributed by atoms with Gasteiger partial charge >= 0.3 is 0 Å². The van der Waals surface area contributed by atoms with Gasteiger partial charge in [0.25, 0.3) is 0 Å². The van der Waals surface area contributed by atoms with E-state index in [-0.39, 0.29) is 0 Å². The monoisotopic (exact) mass is 235 g/mol. The molecule has 0 aliphatic heterocycles. The molecule has 0 radical (unpaired) electrons. The van der Waals surface area contributed by atoms with Crippen LogP contribution in [0.5, 0.6) is 0 Å². The van der Waals surface area contributed by atoms with E-state index in [1.807, 2.05) is 13.1 Å². The highest BCUT2D eigenvalue weighted by atomic mass is 15.0. The molecule has 3 nitrogen and oxygen atoms in total. The first-order chi connectivity index (χ1) is 8.28. The van der Waals surface area contributed by atoms with E-state index < -0.39 is 0 Å². The summed E-state index contributed by atoms with van der Waals surface area (Å²) in [5, 5.41) is 3.64. The van der Waals surface area contributed by atoms with Crippen LogP contribution in [0.4, 0.5) is 0 Å². The van der Waals surface area contributed by atoms with E-state index in [1.165, 1.54) is 44.2 Å². The Kier molecular flexibility index (Phi) is 4.60. The van der Waals surface area contributed by atoms with E-state index in [4.69, 9.17) is 0 Å². The van der Waals surface area contributed by atoms with Crippen LogP contribution in [-0.2, 0) is 6.54 Å². The molecule has 0 aromatic carbocycles. The highest BCUT2D eigenvalue weighted by Gasteiger charge is 2.19. The van der Waals surface area contributed by atoms with Gasteiger partial charge in [0.1, 0.15) is 5.82 Å². The van der Waals surface area contributed by atoms with Crippen molar-refractivity contribution in [3.05, 3.63) is 17.7 Å². The summed E-state index contributed by atoms with van der Waals surface area (Å²) in [6.07, 6.45) is 10.2. The van der Waals surface area contributed by atoms with Crippen LogP contribution in [0, 0.1) is 12.8 Å². The number of nitrogens with one attached hydrogen (secondary N) is 2. The summed E-state index contributed by atoms with van der Waals surface area (Å²) in [4.78, 5) is 7.49. The van der Waals surface area contributed by atoms with Gasteiger partial charge in [-0.25, -0.2) is 4.98 Å². The fourth-order valence-electron chi connectivity index (χ4n) is 2.88. The summed E-state index contributed by atoms with van der Waals surface area (Å²) in [5.41, 5.74) is 1.21. The Morgan fingerprint density at radius 1 is 1.35 bits per heavy atom. The van der Waals surface area contributed by atoms with E-state index in [0.717, 1.165) is 18.3 Å². The summed E-state index contributed by atoms with van der Waals surface area (Å²) in [5.74, 6) is 2.00. The number of nitrogens with zero attached hydrogens (tertiary/aromatic N) is 1. The zero-order valence-electron chi connectivity index (χ0n) is 11.1. The van der Waals surface area contributed by atoms with E-state index in [0.29, 0.717) is 6.04 Å². The minimum atomic E-state index is 0.715. The largest absolute Gasteiger partial charge is 0.345 e. The van der Waals surface area contributed by atoms with Crippen LogP contribution in [0.3, 0.4) is 0 Å². The van der Waals surface area contributed by atoms with E-state index >= 15 is 0 Å². The lowest BCUT2D eigenvalue weighted by Gasteiger charge is -2.28. The number of rotatable bonds is 5. The molecule has 96 valence electrons. The SMILES string of the molecule is CCCC1CCC(NCc2cnc(C)[nH]2)CC1. The lowest BCUT2D eigenvalue weighted by atomic mass is 9.83. The van der Waals surface area contributed by atoms with Crippen LogP contribution in [-0.4, -0.2) is 16.0 Å². The molecule has 0 unspecified atom stereocenters. The maximum Gasteiger partial charge on any atom is 0.103 e. The summed E-state index contributed by atoms with van der Waals surface area (Å²) in [6.45, 7) is 5.23. The van der Waals surface area contributed by atoms with Gasteiger partial charge in [0.05, 0.1) is 0 Å². The number of imidazole rings is 1. The first-order valence-corrected chi connectivity index (χ1v) is 7.01. The van der Waals surface area contributed by atoms with Crippen LogP contribution in [0.1, 0.15) is 57.0 Å². The molecule has 1 fully saturated rings. The number of H-pyrrole nitrogens is 1. The van der Waals surface area contributed by atoms with Gasteiger partial charge in [-0.1, -0.05) is 19.8 Å². The van der Waals surface area contributed by atoms with Crippen molar-refractivity contribution in [3.63, 3.8) is 0 Å². The minimum absolute atomic E-state index is 0.715. The van der Waals surface area contributed by atoms with Crippen molar-refractivity contribution in [1.82, 2.24) is 15.3 Å². The molecular formula is C14H25N3. The van der Waals surface area contributed by atoms with Gasteiger partial charge in [-0.2, -0.15) is 0 Å². The van der Waals surface area contributed by atoms with Gasteiger partial charge in [-0.15, -0.1) is 0 Å². The second-order valence-electron chi connectivity index (χ2n) is 5.38. The molecule has 0 spiro atoms.